The van der Waals surface area contributed by atoms with E-state index in [0.717, 1.165) is 0 Å². The summed E-state index contributed by atoms with van der Waals surface area (Å²) in [7, 11) is 0. The summed E-state index contributed by atoms with van der Waals surface area (Å²) in [5.41, 5.74) is 0. The summed E-state index contributed by atoms with van der Waals surface area (Å²) in [6, 6.07) is 0. The Hall–Kier alpha value is 0.910. The van der Waals surface area contributed by atoms with E-state index in [2.05, 4.69) is 42.4 Å². The quantitative estimate of drug-likeness (QED) is 0.445. The van der Waals surface area contributed by atoms with Crippen molar-refractivity contribution in [3.8, 4) is 0 Å². The molecule has 0 aromatic carbocycles. The van der Waals surface area contributed by atoms with E-state index >= 15 is 0 Å². The molecule has 0 saturated carbocycles. The second-order valence-electron chi connectivity index (χ2n) is 5.41. The maximum atomic E-state index is 3.90. The predicted octanol–water partition coefficient (Wildman–Crippen LogP) is 5.10. The summed E-state index contributed by atoms with van der Waals surface area (Å²) in [6.45, 7) is 9.47. The van der Waals surface area contributed by atoms with Crippen LogP contribution in [0.2, 0.25) is 0 Å². The van der Waals surface area contributed by atoms with Crippen molar-refractivity contribution >= 4 is 20.8 Å². The molecule has 0 aliphatic carbocycles. The Morgan fingerprint density at radius 1 is 0.846 bits per heavy atom. The molecule has 0 fully saturated rings. The molecule has 0 aliphatic rings. The molecular weight excluding hydrogens is 243 g/mol. The fourth-order valence-corrected chi connectivity index (χ4v) is 3.47. The number of rotatable bonds is 7. The van der Waals surface area contributed by atoms with Crippen molar-refractivity contribution < 1.29 is 0 Å². The van der Waals surface area contributed by atoms with Crippen LogP contribution in [-0.4, -0.2) is 26.2 Å². The first-order chi connectivity index (χ1) is 5.81. The molecule has 0 N–H and O–H groups in total. The second-order valence-corrected chi connectivity index (χ2v) is 19.6. The van der Waals surface area contributed by atoms with Gasteiger partial charge in [-0.25, -0.2) is 0 Å². The van der Waals surface area contributed by atoms with Gasteiger partial charge in [-0.1, -0.05) is 0 Å². The molecule has 0 bridgehead atoms. The average Bonchev–Trinajstić information content (AvgIpc) is 1.93. The Morgan fingerprint density at radius 3 is 1.77 bits per heavy atom. The number of unbranched alkanes of at least 4 members (excludes halogenated alkanes) is 5. The number of hydrogen-bond acceptors (Lipinski definition) is 0. The molecule has 0 radical (unpaired) electrons. The zero-order valence-electron chi connectivity index (χ0n) is 9.77. The molecule has 2 heteroatoms. The molecule has 0 heterocycles. The minimum absolute atomic E-state index is 1.35. The Bertz CT molecular complexity index is 126. The molecule has 0 rings (SSSR count). The normalized spacial score (nSPS) is 15.3. The molecule has 0 saturated heterocycles. The number of hydrogen-bond donors (Lipinski definition) is 0. The third kappa shape index (κ3) is 12.9. The van der Waals surface area contributed by atoms with Gasteiger partial charge in [0.2, 0.25) is 0 Å². The van der Waals surface area contributed by atoms with Crippen LogP contribution in [0.15, 0.2) is 0 Å². The first-order valence-electron chi connectivity index (χ1n) is 5.53. The van der Waals surface area contributed by atoms with Crippen molar-refractivity contribution in [2.24, 2.45) is 0 Å². The Balaban J connectivity index is 3.27. The summed E-state index contributed by atoms with van der Waals surface area (Å²) in [5.74, 6) is 0. The van der Waals surface area contributed by atoms with Crippen molar-refractivity contribution in [1.82, 2.24) is 0 Å². The molecule has 0 unspecified atom stereocenters. The zero-order chi connectivity index (χ0) is 10.4. The van der Waals surface area contributed by atoms with Crippen LogP contribution >= 0.6 is 20.8 Å². The van der Waals surface area contributed by atoms with E-state index in [1.807, 2.05) is 0 Å². The average molecular weight is 269 g/mol. The van der Waals surface area contributed by atoms with Gasteiger partial charge in [0.15, 0.2) is 0 Å². The molecule has 82 valence electrons. The second kappa shape index (κ2) is 5.71. The molecular formula is C11H26BrP. The van der Waals surface area contributed by atoms with Crippen molar-refractivity contribution in [3.05, 3.63) is 0 Å². The fourth-order valence-electron chi connectivity index (χ4n) is 1.43. The fraction of sp³-hybridized carbons (Fsp3) is 1.00. The Morgan fingerprint density at radius 2 is 1.31 bits per heavy atom. The maximum absolute atomic E-state index is 3.90. The molecule has 13 heavy (non-hydrogen) atoms. The van der Waals surface area contributed by atoms with Gasteiger partial charge < -0.3 is 0 Å². The first-order valence-corrected chi connectivity index (χ1v) is 11.3. The van der Waals surface area contributed by atoms with Gasteiger partial charge in [-0.05, 0) is 0 Å². The van der Waals surface area contributed by atoms with Crippen molar-refractivity contribution in [3.63, 3.8) is 0 Å². The number of halogens is 1. The van der Waals surface area contributed by atoms with E-state index in [0.29, 0.717) is 0 Å². The minimum atomic E-state index is -1.37. The summed E-state index contributed by atoms with van der Waals surface area (Å²) in [6.07, 6.45) is 9.89. The molecule has 0 aromatic rings. The van der Waals surface area contributed by atoms with Crippen LogP contribution in [0.25, 0.3) is 0 Å². The van der Waals surface area contributed by atoms with Crippen molar-refractivity contribution in [1.29, 1.82) is 0 Å². The van der Waals surface area contributed by atoms with Crippen molar-refractivity contribution in [2.75, 3.05) is 26.2 Å². The third-order valence-corrected chi connectivity index (χ3v) is 5.16. The van der Waals surface area contributed by atoms with E-state index in [9.17, 15) is 0 Å². The monoisotopic (exact) mass is 268 g/mol. The van der Waals surface area contributed by atoms with Gasteiger partial charge in [0.1, 0.15) is 0 Å². The molecule has 0 nitrogen and oxygen atoms in total. The van der Waals surface area contributed by atoms with Gasteiger partial charge in [0.05, 0.1) is 0 Å². The Kier molecular flexibility index (Phi) is 6.11. The van der Waals surface area contributed by atoms with E-state index in [1.165, 1.54) is 44.7 Å². The first kappa shape index (κ1) is 13.9. The molecule has 0 aromatic heterocycles. The van der Waals surface area contributed by atoms with E-state index < -0.39 is 5.31 Å². The standard InChI is InChI=1S/C11H26BrP/c1-5-6-7-8-9-10-11-13(2,3,4)12/h5-11H2,1-4H3. The summed E-state index contributed by atoms with van der Waals surface area (Å²) < 4.78 is 0. The van der Waals surface area contributed by atoms with E-state index in [1.54, 1.807) is 0 Å². The van der Waals surface area contributed by atoms with Crippen LogP contribution in [0.3, 0.4) is 0 Å². The zero-order valence-corrected chi connectivity index (χ0v) is 12.3. The van der Waals surface area contributed by atoms with Gasteiger partial charge in [0.25, 0.3) is 0 Å². The van der Waals surface area contributed by atoms with E-state index in [4.69, 9.17) is 0 Å². The third-order valence-electron chi connectivity index (χ3n) is 2.27. The van der Waals surface area contributed by atoms with Gasteiger partial charge in [0, 0.05) is 0 Å². The molecule has 0 spiro atoms. The van der Waals surface area contributed by atoms with Crippen LogP contribution < -0.4 is 0 Å². The Labute approximate surface area is 92.5 Å². The van der Waals surface area contributed by atoms with Crippen molar-refractivity contribution in [2.45, 2.75) is 45.4 Å². The van der Waals surface area contributed by atoms with Crippen LogP contribution in [-0.2, 0) is 0 Å². The van der Waals surface area contributed by atoms with Gasteiger partial charge in [-0.15, -0.1) is 0 Å². The van der Waals surface area contributed by atoms with Crippen LogP contribution in [0.5, 0.6) is 0 Å². The van der Waals surface area contributed by atoms with Gasteiger partial charge in [-0.3, -0.25) is 0 Å². The predicted molar refractivity (Wildman–Crippen MR) is 71.9 cm³/mol. The SMILES string of the molecule is CCCCCCCCP(C)(C)(C)Br. The summed E-state index contributed by atoms with van der Waals surface area (Å²) in [5, 5.41) is -1.37. The molecule has 0 atom stereocenters. The molecule has 0 aliphatic heterocycles. The van der Waals surface area contributed by atoms with Gasteiger partial charge >= 0.3 is 92.4 Å². The van der Waals surface area contributed by atoms with Crippen LogP contribution in [0.1, 0.15) is 45.4 Å². The summed E-state index contributed by atoms with van der Waals surface area (Å²) >= 11 is 3.90. The van der Waals surface area contributed by atoms with Gasteiger partial charge in [-0.2, -0.15) is 0 Å². The van der Waals surface area contributed by atoms with Crippen LogP contribution in [0.4, 0.5) is 0 Å². The van der Waals surface area contributed by atoms with Crippen LogP contribution in [0, 0.1) is 0 Å². The summed E-state index contributed by atoms with van der Waals surface area (Å²) in [4.78, 5) is 0. The topological polar surface area (TPSA) is 0 Å². The molecule has 0 amide bonds. The van der Waals surface area contributed by atoms with E-state index in [-0.39, 0.29) is 0 Å².